The van der Waals surface area contributed by atoms with E-state index in [0.717, 1.165) is 23.4 Å². The summed E-state index contributed by atoms with van der Waals surface area (Å²) in [4.78, 5) is 13.9. The third-order valence-corrected chi connectivity index (χ3v) is 3.22. The van der Waals surface area contributed by atoms with Crippen LogP contribution in [0.25, 0.3) is 0 Å². The van der Waals surface area contributed by atoms with Crippen molar-refractivity contribution < 1.29 is 4.79 Å². The molecule has 2 rings (SSSR count). The van der Waals surface area contributed by atoms with Crippen LogP contribution in [0.2, 0.25) is 0 Å². The number of halogens is 1. The van der Waals surface area contributed by atoms with Gasteiger partial charge in [-0.05, 0) is 24.3 Å². The predicted octanol–water partition coefficient (Wildman–Crippen LogP) is 1.90. The van der Waals surface area contributed by atoms with Crippen molar-refractivity contribution in [2.45, 2.75) is 0 Å². The summed E-state index contributed by atoms with van der Waals surface area (Å²) in [6, 6.07) is 9.30. The van der Waals surface area contributed by atoms with E-state index in [1.54, 1.807) is 18.2 Å². The number of carbonyl (C=O) groups excluding carboxylic acids is 1. The average molecular weight is 306 g/mol. The second kappa shape index (κ2) is 5.69. The zero-order valence-electron chi connectivity index (χ0n) is 9.69. The number of nitrogens with one attached hydrogen (secondary N) is 1. The molecule has 1 aliphatic heterocycles. The topological polar surface area (TPSA) is 56.1 Å². The number of hydrogen-bond acceptors (Lipinski definition) is 4. The quantitative estimate of drug-likeness (QED) is 0.526. The molecule has 1 aliphatic rings. The second-order valence-corrected chi connectivity index (χ2v) is 4.82. The molecule has 0 saturated carbocycles. The number of allylic oxidation sites excluding steroid dienone is 1. The minimum Gasteiger partial charge on any atom is -0.370 e. The van der Waals surface area contributed by atoms with E-state index in [4.69, 9.17) is 5.26 Å². The molecule has 1 saturated heterocycles. The maximum Gasteiger partial charge on any atom is 0.189 e. The number of nitriles is 1. The van der Waals surface area contributed by atoms with Crippen LogP contribution in [-0.4, -0.2) is 30.3 Å². The maximum atomic E-state index is 12.0. The van der Waals surface area contributed by atoms with Gasteiger partial charge in [0, 0.05) is 29.2 Å². The van der Waals surface area contributed by atoms with Gasteiger partial charge in [0.15, 0.2) is 5.78 Å². The van der Waals surface area contributed by atoms with Gasteiger partial charge in [-0.1, -0.05) is 15.9 Å². The van der Waals surface area contributed by atoms with Crippen LogP contribution in [0, 0.1) is 11.3 Å². The van der Waals surface area contributed by atoms with E-state index >= 15 is 0 Å². The number of nitrogens with zero attached hydrogens (tertiary/aromatic N) is 2. The Morgan fingerprint density at radius 3 is 2.89 bits per heavy atom. The van der Waals surface area contributed by atoms with Gasteiger partial charge in [0.05, 0.1) is 6.07 Å². The molecule has 0 amide bonds. The summed E-state index contributed by atoms with van der Waals surface area (Å²) in [5, 5.41) is 11.8. The first-order valence-corrected chi connectivity index (χ1v) is 6.37. The fourth-order valence-corrected chi connectivity index (χ4v) is 2.03. The minimum atomic E-state index is -0.0603. The third-order valence-electron chi connectivity index (χ3n) is 2.69. The van der Waals surface area contributed by atoms with Gasteiger partial charge in [-0.2, -0.15) is 5.26 Å². The lowest BCUT2D eigenvalue weighted by Gasteiger charge is -2.13. The van der Waals surface area contributed by atoms with Crippen molar-refractivity contribution in [3.63, 3.8) is 0 Å². The van der Waals surface area contributed by atoms with Crippen molar-refractivity contribution in [2.75, 3.05) is 19.6 Å². The zero-order chi connectivity index (χ0) is 13.0. The highest BCUT2D eigenvalue weighted by Crippen LogP contribution is 2.13. The molecular formula is C13H12BrN3O. The lowest BCUT2D eigenvalue weighted by molar-refractivity contribution is 0.104. The largest absolute Gasteiger partial charge is 0.370 e. The lowest BCUT2D eigenvalue weighted by atomic mass is 10.1. The van der Waals surface area contributed by atoms with Gasteiger partial charge in [-0.3, -0.25) is 4.79 Å². The van der Waals surface area contributed by atoms with Gasteiger partial charge in [0.25, 0.3) is 0 Å². The van der Waals surface area contributed by atoms with Crippen molar-refractivity contribution in [3.8, 4) is 6.07 Å². The molecule has 0 atom stereocenters. The first-order chi connectivity index (χ1) is 8.70. The Morgan fingerprint density at radius 2 is 2.22 bits per heavy atom. The van der Waals surface area contributed by atoms with Gasteiger partial charge >= 0.3 is 0 Å². The summed E-state index contributed by atoms with van der Waals surface area (Å²) in [7, 11) is 0. The Morgan fingerprint density at radius 1 is 1.50 bits per heavy atom. The maximum absolute atomic E-state index is 12.0. The van der Waals surface area contributed by atoms with Crippen molar-refractivity contribution in [3.05, 3.63) is 46.2 Å². The number of ketones is 1. The van der Waals surface area contributed by atoms with Gasteiger partial charge in [0.1, 0.15) is 12.4 Å². The summed E-state index contributed by atoms with van der Waals surface area (Å²) in [5.74, 6) is 0.666. The van der Waals surface area contributed by atoms with Crippen LogP contribution in [0.1, 0.15) is 10.4 Å². The number of rotatable bonds is 3. The Balaban J connectivity index is 2.15. The second-order valence-electron chi connectivity index (χ2n) is 3.91. The molecule has 0 bridgehead atoms. The van der Waals surface area contributed by atoms with E-state index in [1.807, 2.05) is 17.0 Å². The highest BCUT2D eigenvalue weighted by atomic mass is 79.9. The monoisotopic (exact) mass is 305 g/mol. The van der Waals surface area contributed by atoms with E-state index < -0.39 is 0 Å². The summed E-state index contributed by atoms with van der Waals surface area (Å²) in [6.45, 7) is 1.82. The summed E-state index contributed by atoms with van der Waals surface area (Å²) >= 11 is 3.33. The molecule has 18 heavy (non-hydrogen) atoms. The van der Waals surface area contributed by atoms with Crippen LogP contribution in [0.4, 0.5) is 0 Å². The molecule has 0 aromatic heterocycles. The van der Waals surface area contributed by atoms with Crippen LogP contribution < -0.4 is 5.32 Å². The Hall–Kier alpha value is -1.80. The smallest absolute Gasteiger partial charge is 0.189 e. The molecule has 1 fully saturated rings. The molecular weight excluding hydrogens is 294 g/mol. The molecule has 1 aromatic carbocycles. The predicted molar refractivity (Wildman–Crippen MR) is 71.7 cm³/mol. The van der Waals surface area contributed by atoms with Crippen molar-refractivity contribution in [1.29, 1.82) is 5.26 Å². The highest BCUT2D eigenvalue weighted by Gasteiger charge is 2.17. The Bertz CT molecular complexity index is 516. The first kappa shape index (κ1) is 12.7. The standard InChI is InChI=1S/C13H12BrN3O/c14-11-3-1-10(2-4-11)12(18)9-13-16-6-8-17(13)7-5-15/h1-4,9,16H,6-8H2/b13-9+. The van der Waals surface area contributed by atoms with E-state index in [0.29, 0.717) is 12.1 Å². The van der Waals surface area contributed by atoms with Crippen molar-refractivity contribution in [1.82, 2.24) is 10.2 Å². The number of benzene rings is 1. The van der Waals surface area contributed by atoms with Gasteiger partial charge < -0.3 is 10.2 Å². The zero-order valence-corrected chi connectivity index (χ0v) is 11.3. The molecule has 4 nitrogen and oxygen atoms in total. The van der Waals surface area contributed by atoms with Crippen molar-refractivity contribution >= 4 is 21.7 Å². The van der Waals surface area contributed by atoms with Gasteiger partial charge in [-0.15, -0.1) is 0 Å². The SMILES string of the molecule is N#CCN1CCN/C1=C\C(=O)c1ccc(Br)cc1. The number of hydrogen-bond donors (Lipinski definition) is 1. The minimum absolute atomic E-state index is 0.0603. The summed E-state index contributed by atoms with van der Waals surface area (Å²) in [5.41, 5.74) is 0.635. The van der Waals surface area contributed by atoms with Crippen LogP contribution in [-0.2, 0) is 0 Å². The molecule has 5 heteroatoms. The van der Waals surface area contributed by atoms with Crippen molar-refractivity contribution in [2.24, 2.45) is 0 Å². The molecule has 92 valence electrons. The average Bonchev–Trinajstić information content (AvgIpc) is 2.78. The van der Waals surface area contributed by atoms with E-state index in [9.17, 15) is 4.79 Å². The Labute approximate surface area is 114 Å². The van der Waals surface area contributed by atoms with E-state index in [2.05, 4.69) is 27.3 Å². The third kappa shape index (κ3) is 2.90. The van der Waals surface area contributed by atoms with E-state index in [1.165, 1.54) is 0 Å². The molecule has 0 aliphatic carbocycles. The van der Waals surface area contributed by atoms with Crippen LogP contribution >= 0.6 is 15.9 Å². The number of carbonyl (C=O) groups is 1. The van der Waals surface area contributed by atoms with Crippen LogP contribution in [0.15, 0.2) is 40.6 Å². The normalized spacial score (nSPS) is 16.4. The lowest BCUT2D eigenvalue weighted by Crippen LogP contribution is -2.21. The highest BCUT2D eigenvalue weighted by molar-refractivity contribution is 9.10. The van der Waals surface area contributed by atoms with Gasteiger partial charge in [0.2, 0.25) is 0 Å². The molecule has 1 aromatic rings. The first-order valence-electron chi connectivity index (χ1n) is 5.58. The molecule has 1 heterocycles. The molecule has 0 radical (unpaired) electrons. The van der Waals surface area contributed by atoms with E-state index in [-0.39, 0.29) is 5.78 Å². The molecule has 0 unspecified atom stereocenters. The fourth-order valence-electron chi connectivity index (χ4n) is 1.76. The fraction of sp³-hybridized carbons (Fsp3) is 0.231. The van der Waals surface area contributed by atoms with Crippen LogP contribution in [0.3, 0.4) is 0 Å². The van der Waals surface area contributed by atoms with Crippen LogP contribution in [0.5, 0.6) is 0 Å². The Kier molecular flexibility index (Phi) is 4.00. The molecule has 0 spiro atoms. The molecule has 1 N–H and O–H groups in total. The summed E-state index contributed by atoms with van der Waals surface area (Å²) < 4.78 is 0.941. The summed E-state index contributed by atoms with van der Waals surface area (Å²) in [6.07, 6.45) is 1.55. The van der Waals surface area contributed by atoms with Gasteiger partial charge in [-0.25, -0.2) is 0 Å².